The van der Waals surface area contributed by atoms with Crippen LogP contribution in [-0.2, 0) is 30.4 Å². The largest absolute Gasteiger partial charge is 0.481 e. The van der Waals surface area contributed by atoms with Gasteiger partial charge in [-0.25, -0.2) is 0 Å². The molecule has 0 saturated carbocycles. The van der Waals surface area contributed by atoms with E-state index in [1.807, 2.05) is 56.3 Å². The molecule has 222 valence electrons. The van der Waals surface area contributed by atoms with Gasteiger partial charge in [-0.1, -0.05) is 24.3 Å². The van der Waals surface area contributed by atoms with Crippen molar-refractivity contribution < 1.29 is 40.4 Å². The van der Waals surface area contributed by atoms with Crippen molar-refractivity contribution in [3.05, 3.63) is 72.3 Å². The number of unbranched alkanes of at least 4 members (excludes halogenated alkanes) is 2. The Balaban J connectivity index is 1.81. The average molecular weight is 614 g/mol. The number of carbonyl (C=O) groups is 1. The third-order valence-electron chi connectivity index (χ3n) is 7.26. The summed E-state index contributed by atoms with van der Waals surface area (Å²) < 4.78 is 70.5. The molecule has 0 amide bonds. The summed E-state index contributed by atoms with van der Waals surface area (Å²) in [6, 6.07) is 14.7. The first-order valence-electron chi connectivity index (χ1n) is 13.4. The molecule has 0 unspecified atom stereocenters. The fourth-order valence-electron chi connectivity index (χ4n) is 5.38. The van der Waals surface area contributed by atoms with E-state index >= 15 is 0 Å². The van der Waals surface area contributed by atoms with Gasteiger partial charge in [0.05, 0.1) is 16.0 Å². The molecule has 0 aromatic heterocycles. The van der Waals surface area contributed by atoms with Gasteiger partial charge in [-0.3, -0.25) is 18.9 Å². The summed E-state index contributed by atoms with van der Waals surface area (Å²) in [7, 11) is -9.64. The highest BCUT2D eigenvalue weighted by Gasteiger charge is 2.46. The standard InChI is InChI=1S/C30H32N2O8S2/c1-30(2)27(13-8-9-17-31-21-11-5-3-6-12-21)32(18-10-4-7-14-28(33)34)25-16-15-23-24(29(25)30)19-22(41(35,36)37)20-26(23)42(38,39)40/h3,5-6,8,11-13,15-17,19-20H,4,7,9-10,14,18H2,1-2H3,(H2-,33,34,35,36,37,38,39,40)/p+1/b13-8+,31-17?. The second kappa shape index (κ2) is 12.3. The second-order valence-electron chi connectivity index (χ2n) is 10.6. The molecule has 0 radical (unpaired) electrons. The minimum Gasteiger partial charge on any atom is -0.481 e. The Labute approximate surface area is 245 Å². The Morgan fingerprint density at radius 1 is 0.929 bits per heavy atom. The summed E-state index contributed by atoms with van der Waals surface area (Å²) in [5.41, 5.74) is 2.29. The first-order valence-corrected chi connectivity index (χ1v) is 16.3. The third kappa shape index (κ3) is 6.84. The van der Waals surface area contributed by atoms with Crippen LogP contribution in [0.1, 0.15) is 51.5 Å². The van der Waals surface area contributed by atoms with Gasteiger partial charge in [0.25, 0.3) is 20.2 Å². The Bertz CT molecular complexity index is 1830. The number of nitrogens with zero attached hydrogens (tertiary/aromatic N) is 2. The summed E-state index contributed by atoms with van der Waals surface area (Å²) in [4.78, 5) is 14.1. The lowest BCUT2D eigenvalue weighted by Crippen LogP contribution is -2.28. The minimum atomic E-state index is -4.84. The van der Waals surface area contributed by atoms with E-state index in [0.717, 1.165) is 23.2 Å². The lowest BCUT2D eigenvalue weighted by molar-refractivity contribution is -0.438. The molecule has 0 bridgehead atoms. The summed E-state index contributed by atoms with van der Waals surface area (Å²) in [5, 5.41) is 9.38. The molecule has 3 aromatic rings. The molecule has 1 heterocycles. The molecular weight excluding hydrogens is 580 g/mol. The van der Waals surface area contributed by atoms with Crippen LogP contribution in [0.4, 0.5) is 11.4 Å². The van der Waals surface area contributed by atoms with Crippen molar-refractivity contribution >= 4 is 60.3 Å². The van der Waals surface area contributed by atoms with Gasteiger partial charge in [0, 0.05) is 48.6 Å². The van der Waals surface area contributed by atoms with E-state index in [2.05, 4.69) is 9.57 Å². The highest BCUT2D eigenvalue weighted by Crippen LogP contribution is 2.46. The third-order valence-corrected chi connectivity index (χ3v) is 8.98. The second-order valence-corrected chi connectivity index (χ2v) is 13.4. The van der Waals surface area contributed by atoms with E-state index in [1.54, 1.807) is 12.3 Å². The molecule has 12 heteroatoms. The highest BCUT2D eigenvalue weighted by molar-refractivity contribution is 7.86. The first-order chi connectivity index (χ1) is 19.7. The Hall–Kier alpha value is -3.71. The monoisotopic (exact) mass is 613 g/mol. The molecular formula is C30H33N2O8S2+. The molecule has 42 heavy (non-hydrogen) atoms. The fraction of sp³-hybridized carbons (Fsp3) is 0.300. The normalized spacial score (nSPS) is 15.2. The molecule has 1 aliphatic heterocycles. The van der Waals surface area contributed by atoms with Gasteiger partial charge in [-0.2, -0.15) is 21.4 Å². The smallest absolute Gasteiger partial charge is 0.303 e. The molecule has 10 nitrogen and oxygen atoms in total. The van der Waals surface area contributed by atoms with Crippen molar-refractivity contribution in [2.45, 2.75) is 61.2 Å². The van der Waals surface area contributed by atoms with Crippen molar-refractivity contribution in [2.75, 3.05) is 6.54 Å². The van der Waals surface area contributed by atoms with Crippen LogP contribution in [0.3, 0.4) is 0 Å². The lowest BCUT2D eigenvalue weighted by atomic mass is 9.79. The van der Waals surface area contributed by atoms with Crippen LogP contribution < -0.4 is 0 Å². The van der Waals surface area contributed by atoms with Crippen LogP contribution in [0.15, 0.2) is 81.5 Å². The lowest BCUT2D eigenvalue weighted by Gasteiger charge is -2.19. The van der Waals surface area contributed by atoms with E-state index in [0.29, 0.717) is 37.8 Å². The van der Waals surface area contributed by atoms with E-state index in [-0.39, 0.29) is 17.2 Å². The van der Waals surface area contributed by atoms with Crippen molar-refractivity contribution in [1.82, 2.24) is 0 Å². The topological polar surface area (TPSA) is 161 Å². The zero-order valence-corrected chi connectivity index (χ0v) is 24.9. The number of hydrogen-bond acceptors (Lipinski definition) is 6. The number of carboxylic acids is 1. The van der Waals surface area contributed by atoms with Gasteiger partial charge in [-0.15, -0.1) is 0 Å². The van der Waals surface area contributed by atoms with Gasteiger partial charge < -0.3 is 5.11 Å². The van der Waals surface area contributed by atoms with Gasteiger partial charge in [0.15, 0.2) is 5.71 Å². The molecule has 3 aromatic carbocycles. The summed E-state index contributed by atoms with van der Waals surface area (Å²) >= 11 is 0. The highest BCUT2D eigenvalue weighted by atomic mass is 32.2. The van der Waals surface area contributed by atoms with Gasteiger partial charge in [0.1, 0.15) is 11.4 Å². The van der Waals surface area contributed by atoms with Crippen LogP contribution in [0.5, 0.6) is 0 Å². The van der Waals surface area contributed by atoms with Crippen molar-refractivity contribution in [2.24, 2.45) is 4.99 Å². The Kier molecular flexibility index (Phi) is 9.12. The maximum atomic E-state index is 12.3. The Morgan fingerprint density at radius 3 is 2.29 bits per heavy atom. The fourth-order valence-corrected chi connectivity index (χ4v) is 6.72. The molecule has 0 aliphatic carbocycles. The number of benzene rings is 3. The zero-order valence-electron chi connectivity index (χ0n) is 23.3. The summed E-state index contributed by atoms with van der Waals surface area (Å²) in [6.07, 6.45) is 8.15. The number of rotatable bonds is 12. The quantitative estimate of drug-likeness (QED) is 0.101. The summed E-state index contributed by atoms with van der Waals surface area (Å²) in [6.45, 7) is 4.39. The number of aliphatic carboxylic acids is 1. The number of aliphatic imine (C=N–C) groups is 1. The van der Waals surface area contributed by atoms with E-state index < -0.39 is 41.4 Å². The van der Waals surface area contributed by atoms with Crippen LogP contribution in [-0.4, -0.2) is 60.1 Å². The van der Waals surface area contributed by atoms with Gasteiger partial charge >= 0.3 is 5.97 Å². The number of allylic oxidation sites excluding steroid dienone is 2. The van der Waals surface area contributed by atoms with Gasteiger partial charge in [0.2, 0.25) is 5.69 Å². The SMILES string of the molecule is CC1(C)C(/C=C/CC=Nc2ccccc2)=[N+](CCCCCC(=O)O)c2ccc3c(S(=O)(=O)O)cc(S(=O)(=O)O)cc3c21. The maximum Gasteiger partial charge on any atom is 0.303 e. The average Bonchev–Trinajstić information content (AvgIpc) is 3.12. The molecule has 0 fully saturated rings. The molecule has 1 aliphatic rings. The molecule has 0 spiro atoms. The maximum absolute atomic E-state index is 12.3. The number of fused-ring (bicyclic) bond motifs is 3. The van der Waals surface area contributed by atoms with Crippen LogP contribution in [0.25, 0.3) is 10.8 Å². The van der Waals surface area contributed by atoms with E-state index in [1.165, 1.54) is 12.1 Å². The van der Waals surface area contributed by atoms with Crippen molar-refractivity contribution in [1.29, 1.82) is 0 Å². The molecule has 4 rings (SSSR count). The number of carboxylic acid groups (broad SMARTS) is 1. The number of hydrogen-bond donors (Lipinski definition) is 3. The Morgan fingerprint density at radius 2 is 1.64 bits per heavy atom. The van der Waals surface area contributed by atoms with Crippen LogP contribution >= 0.6 is 0 Å². The van der Waals surface area contributed by atoms with Crippen LogP contribution in [0, 0.1) is 0 Å². The van der Waals surface area contributed by atoms with E-state index in [4.69, 9.17) is 5.11 Å². The number of para-hydroxylation sites is 1. The minimum absolute atomic E-state index is 0.0702. The van der Waals surface area contributed by atoms with Crippen LogP contribution in [0.2, 0.25) is 0 Å². The van der Waals surface area contributed by atoms with Gasteiger partial charge in [-0.05, 0) is 62.4 Å². The van der Waals surface area contributed by atoms with E-state index in [9.17, 15) is 30.7 Å². The summed E-state index contributed by atoms with van der Waals surface area (Å²) in [5.74, 6) is -0.856. The van der Waals surface area contributed by atoms with Crippen molar-refractivity contribution in [3.63, 3.8) is 0 Å². The molecule has 3 N–H and O–H groups in total. The zero-order chi connectivity index (χ0) is 30.7. The predicted molar refractivity (Wildman–Crippen MR) is 161 cm³/mol. The van der Waals surface area contributed by atoms with Crippen molar-refractivity contribution in [3.8, 4) is 0 Å². The molecule has 0 atom stereocenters. The molecule has 0 saturated heterocycles. The first kappa shape index (κ1) is 31.2. The predicted octanol–water partition coefficient (Wildman–Crippen LogP) is 5.70.